The first-order valence-electron chi connectivity index (χ1n) is 9.78. The second-order valence-corrected chi connectivity index (χ2v) is 7.59. The molecule has 3 rings (SSSR count). The average molecular weight is 419 g/mol. The Hall–Kier alpha value is -3.03. The van der Waals surface area contributed by atoms with Crippen molar-refractivity contribution in [3.63, 3.8) is 0 Å². The molecule has 0 unspecified atom stereocenters. The highest BCUT2D eigenvalue weighted by Gasteiger charge is 2.30. The lowest BCUT2D eigenvalue weighted by molar-refractivity contribution is -0.137. The Morgan fingerprint density at radius 2 is 1.67 bits per heavy atom. The fraction of sp³-hybridized carbons (Fsp3) is 0.364. The molecule has 1 heterocycles. The van der Waals surface area contributed by atoms with Crippen molar-refractivity contribution in [1.29, 1.82) is 0 Å². The van der Waals surface area contributed by atoms with Crippen LogP contribution in [0.1, 0.15) is 31.4 Å². The van der Waals surface area contributed by atoms with E-state index in [0.717, 1.165) is 18.6 Å². The van der Waals surface area contributed by atoms with E-state index in [4.69, 9.17) is 0 Å². The molecule has 1 aliphatic rings. The first kappa shape index (κ1) is 21.7. The molecule has 0 bridgehead atoms. The van der Waals surface area contributed by atoms with Crippen molar-refractivity contribution < 1.29 is 22.8 Å². The van der Waals surface area contributed by atoms with Crippen LogP contribution in [0.4, 0.5) is 29.3 Å². The third kappa shape index (κ3) is 5.11. The summed E-state index contributed by atoms with van der Waals surface area (Å²) in [5.41, 5.74) is 1.30. The van der Waals surface area contributed by atoms with Crippen molar-refractivity contribution in [2.45, 2.75) is 33.0 Å². The van der Waals surface area contributed by atoms with E-state index >= 15 is 0 Å². The summed E-state index contributed by atoms with van der Waals surface area (Å²) >= 11 is 0. The Morgan fingerprint density at radius 1 is 1.03 bits per heavy atom. The lowest BCUT2D eigenvalue weighted by atomic mass is 10.1. The van der Waals surface area contributed by atoms with Gasteiger partial charge in [0, 0.05) is 36.9 Å². The summed E-state index contributed by atoms with van der Waals surface area (Å²) in [7, 11) is 0. The van der Waals surface area contributed by atoms with E-state index in [1.165, 1.54) is 12.1 Å². The minimum atomic E-state index is -4.38. The summed E-state index contributed by atoms with van der Waals surface area (Å²) in [6, 6.07) is 11.7. The van der Waals surface area contributed by atoms with Gasteiger partial charge in [0.25, 0.3) is 0 Å². The number of urea groups is 1. The Morgan fingerprint density at radius 3 is 2.23 bits per heavy atom. The number of carbonyl (C=O) groups excluding carboxylic acids is 2. The van der Waals surface area contributed by atoms with E-state index in [1.54, 1.807) is 47.9 Å². The van der Waals surface area contributed by atoms with Gasteiger partial charge in [-0.05, 0) is 48.4 Å². The number of alkyl halides is 3. The van der Waals surface area contributed by atoms with Crippen LogP contribution in [-0.2, 0) is 17.5 Å². The van der Waals surface area contributed by atoms with Crippen LogP contribution in [0.5, 0.6) is 0 Å². The average Bonchev–Trinajstić information content (AvgIpc) is 2.70. The predicted molar refractivity (Wildman–Crippen MR) is 109 cm³/mol. The van der Waals surface area contributed by atoms with Gasteiger partial charge in [0.05, 0.1) is 5.56 Å². The highest BCUT2D eigenvalue weighted by atomic mass is 19.4. The zero-order chi connectivity index (χ0) is 21.9. The fourth-order valence-electron chi connectivity index (χ4n) is 3.20. The molecule has 3 amide bonds. The second kappa shape index (κ2) is 8.77. The number of rotatable bonds is 5. The van der Waals surface area contributed by atoms with E-state index in [1.807, 2.05) is 0 Å². The normalized spacial score (nSPS) is 14.9. The Bertz CT molecular complexity index is 893. The quantitative estimate of drug-likeness (QED) is 0.730. The SMILES string of the molecule is CC(C)C(=O)Nc1ccc(N2CCCN(Cc3ccc(C(F)(F)F)cc3)C2=O)cc1. The van der Waals surface area contributed by atoms with Gasteiger partial charge in [-0.1, -0.05) is 26.0 Å². The molecular weight excluding hydrogens is 395 g/mol. The standard InChI is InChI=1S/C22H24F3N3O2/c1-15(2)20(29)26-18-8-10-19(11-9-18)28-13-3-12-27(21(28)30)14-16-4-6-17(7-5-16)22(23,24)25/h4-11,15H,3,12-14H2,1-2H3,(H,26,29). The number of amides is 3. The monoisotopic (exact) mass is 419 g/mol. The van der Waals surface area contributed by atoms with Gasteiger partial charge in [-0.15, -0.1) is 0 Å². The third-order valence-corrected chi connectivity index (χ3v) is 4.94. The first-order valence-corrected chi connectivity index (χ1v) is 9.78. The number of hydrogen-bond acceptors (Lipinski definition) is 2. The van der Waals surface area contributed by atoms with Crippen molar-refractivity contribution in [2.24, 2.45) is 5.92 Å². The van der Waals surface area contributed by atoms with Crippen LogP contribution in [0.3, 0.4) is 0 Å². The largest absolute Gasteiger partial charge is 0.416 e. The van der Waals surface area contributed by atoms with E-state index in [2.05, 4.69) is 5.32 Å². The molecule has 160 valence electrons. The lowest BCUT2D eigenvalue weighted by Crippen LogP contribution is -2.49. The van der Waals surface area contributed by atoms with Gasteiger partial charge in [-0.25, -0.2) is 4.79 Å². The minimum absolute atomic E-state index is 0.0838. The summed E-state index contributed by atoms with van der Waals surface area (Å²) in [5, 5.41) is 2.81. The van der Waals surface area contributed by atoms with Gasteiger partial charge in [0.15, 0.2) is 0 Å². The number of nitrogens with one attached hydrogen (secondary N) is 1. The summed E-state index contributed by atoms with van der Waals surface area (Å²) < 4.78 is 38.2. The fourth-order valence-corrected chi connectivity index (χ4v) is 3.20. The van der Waals surface area contributed by atoms with Gasteiger partial charge in [-0.2, -0.15) is 13.2 Å². The van der Waals surface area contributed by atoms with E-state index in [9.17, 15) is 22.8 Å². The van der Waals surface area contributed by atoms with Crippen LogP contribution >= 0.6 is 0 Å². The van der Waals surface area contributed by atoms with Gasteiger partial charge >= 0.3 is 12.2 Å². The molecule has 30 heavy (non-hydrogen) atoms. The number of nitrogens with zero attached hydrogens (tertiary/aromatic N) is 2. The Kier molecular flexibility index (Phi) is 6.34. The van der Waals surface area contributed by atoms with Gasteiger partial charge in [-0.3, -0.25) is 9.69 Å². The maximum Gasteiger partial charge on any atom is 0.416 e. The van der Waals surface area contributed by atoms with Crippen molar-refractivity contribution >= 4 is 23.3 Å². The van der Waals surface area contributed by atoms with E-state index in [0.29, 0.717) is 30.0 Å². The molecule has 2 aromatic rings. The molecule has 0 aromatic heterocycles. The molecule has 1 fully saturated rings. The van der Waals surface area contributed by atoms with Gasteiger partial charge < -0.3 is 10.2 Å². The highest BCUT2D eigenvalue weighted by Crippen LogP contribution is 2.29. The number of carbonyl (C=O) groups is 2. The van der Waals surface area contributed by atoms with Crippen LogP contribution in [-0.4, -0.2) is 29.9 Å². The molecular formula is C22H24F3N3O2. The van der Waals surface area contributed by atoms with Gasteiger partial charge in [0.2, 0.25) is 5.91 Å². The number of anilines is 2. The molecule has 8 heteroatoms. The molecule has 2 aromatic carbocycles. The summed E-state index contributed by atoms with van der Waals surface area (Å²) in [4.78, 5) is 28.0. The zero-order valence-corrected chi connectivity index (χ0v) is 16.9. The first-order chi connectivity index (χ1) is 14.1. The number of hydrogen-bond donors (Lipinski definition) is 1. The predicted octanol–water partition coefficient (Wildman–Crippen LogP) is 5.13. The van der Waals surface area contributed by atoms with Crippen LogP contribution in [0.15, 0.2) is 48.5 Å². The van der Waals surface area contributed by atoms with E-state index in [-0.39, 0.29) is 24.4 Å². The minimum Gasteiger partial charge on any atom is -0.326 e. The van der Waals surface area contributed by atoms with Crippen LogP contribution < -0.4 is 10.2 Å². The zero-order valence-electron chi connectivity index (χ0n) is 16.9. The highest BCUT2D eigenvalue weighted by molar-refractivity contribution is 5.94. The third-order valence-electron chi connectivity index (χ3n) is 4.94. The van der Waals surface area contributed by atoms with Crippen molar-refractivity contribution in [2.75, 3.05) is 23.3 Å². The molecule has 1 saturated heterocycles. The van der Waals surface area contributed by atoms with Crippen molar-refractivity contribution in [3.8, 4) is 0 Å². The molecule has 5 nitrogen and oxygen atoms in total. The van der Waals surface area contributed by atoms with Crippen LogP contribution in [0, 0.1) is 5.92 Å². The maximum absolute atomic E-state index is 12.9. The lowest BCUT2D eigenvalue weighted by Gasteiger charge is -2.35. The van der Waals surface area contributed by atoms with Crippen LogP contribution in [0.2, 0.25) is 0 Å². The smallest absolute Gasteiger partial charge is 0.326 e. The summed E-state index contributed by atoms with van der Waals surface area (Å²) in [6.07, 6.45) is -3.63. The summed E-state index contributed by atoms with van der Waals surface area (Å²) in [6.45, 7) is 4.96. The van der Waals surface area contributed by atoms with Crippen LogP contribution in [0.25, 0.3) is 0 Å². The molecule has 0 saturated carbocycles. The molecule has 0 spiro atoms. The molecule has 0 atom stereocenters. The molecule has 1 aliphatic heterocycles. The second-order valence-electron chi connectivity index (χ2n) is 7.59. The van der Waals surface area contributed by atoms with Crippen molar-refractivity contribution in [1.82, 2.24) is 4.90 Å². The topological polar surface area (TPSA) is 52.7 Å². The Labute approximate surface area is 173 Å². The van der Waals surface area contributed by atoms with Gasteiger partial charge in [0.1, 0.15) is 0 Å². The Balaban J connectivity index is 1.67. The molecule has 1 N–H and O–H groups in total. The molecule has 0 aliphatic carbocycles. The number of benzene rings is 2. The van der Waals surface area contributed by atoms with Crippen molar-refractivity contribution in [3.05, 3.63) is 59.7 Å². The van der Waals surface area contributed by atoms with E-state index < -0.39 is 11.7 Å². The molecule has 0 radical (unpaired) electrons. The number of halogens is 3. The summed E-state index contributed by atoms with van der Waals surface area (Å²) in [5.74, 6) is -0.216. The maximum atomic E-state index is 12.9.